The minimum absolute atomic E-state index is 0.0924. The number of anilines is 2. The molecule has 0 saturated carbocycles. The van der Waals surface area contributed by atoms with Gasteiger partial charge < -0.3 is 9.42 Å². The maximum atomic E-state index is 12.3. The second kappa shape index (κ2) is 5.72. The Kier molecular flexibility index (Phi) is 3.88. The van der Waals surface area contributed by atoms with E-state index in [-0.39, 0.29) is 11.3 Å². The first kappa shape index (κ1) is 15.6. The van der Waals surface area contributed by atoms with Gasteiger partial charge in [-0.15, -0.1) is 0 Å². The Morgan fingerprint density at radius 2 is 2.13 bits per heavy atom. The summed E-state index contributed by atoms with van der Waals surface area (Å²) in [7, 11) is 0. The summed E-state index contributed by atoms with van der Waals surface area (Å²) in [5.41, 5.74) is 3.16. The summed E-state index contributed by atoms with van der Waals surface area (Å²) in [4.78, 5) is 14.5. The second-order valence-electron chi connectivity index (χ2n) is 7.18. The number of fused-ring (bicyclic) bond motifs is 1. The zero-order chi connectivity index (χ0) is 16.6. The first-order chi connectivity index (χ1) is 10.8. The van der Waals surface area contributed by atoms with Gasteiger partial charge in [0, 0.05) is 23.2 Å². The third kappa shape index (κ3) is 3.23. The highest BCUT2D eigenvalue weighted by Crippen LogP contribution is 2.31. The molecule has 0 unspecified atom stereocenters. The molecule has 1 amide bonds. The molecule has 0 aliphatic carbocycles. The number of nitrogens with one attached hydrogen (secondary N) is 1. The van der Waals surface area contributed by atoms with Crippen LogP contribution in [0, 0.1) is 0 Å². The van der Waals surface area contributed by atoms with Gasteiger partial charge in [-0.2, -0.15) is 0 Å². The summed E-state index contributed by atoms with van der Waals surface area (Å²) in [6.45, 7) is 8.61. The SMILES string of the molecule is C[C@H]1Cc2ccccc2N1CC(=O)Nc1cc(C(C)(C)C)no1. The predicted octanol–water partition coefficient (Wildman–Crippen LogP) is 3.36. The molecular weight excluding hydrogens is 290 g/mol. The molecule has 5 nitrogen and oxygen atoms in total. The Labute approximate surface area is 136 Å². The fourth-order valence-corrected chi connectivity index (χ4v) is 2.89. The summed E-state index contributed by atoms with van der Waals surface area (Å²) < 4.78 is 5.22. The van der Waals surface area contributed by atoms with Gasteiger partial charge in [-0.1, -0.05) is 44.1 Å². The van der Waals surface area contributed by atoms with Crippen molar-refractivity contribution in [2.75, 3.05) is 16.8 Å². The van der Waals surface area contributed by atoms with E-state index in [0.717, 1.165) is 17.8 Å². The van der Waals surface area contributed by atoms with Crippen molar-refractivity contribution in [2.24, 2.45) is 0 Å². The molecule has 0 bridgehead atoms. The highest BCUT2D eigenvalue weighted by atomic mass is 16.5. The first-order valence-corrected chi connectivity index (χ1v) is 7.96. The lowest BCUT2D eigenvalue weighted by Crippen LogP contribution is -2.37. The quantitative estimate of drug-likeness (QED) is 0.944. The van der Waals surface area contributed by atoms with Gasteiger partial charge in [0.15, 0.2) is 0 Å². The summed E-state index contributed by atoms with van der Waals surface area (Å²) in [5.74, 6) is 0.310. The molecule has 1 atom stereocenters. The van der Waals surface area contributed by atoms with Gasteiger partial charge in [-0.3, -0.25) is 10.1 Å². The highest BCUT2D eigenvalue weighted by molar-refractivity contribution is 5.93. The molecule has 1 aliphatic heterocycles. The zero-order valence-corrected chi connectivity index (χ0v) is 14.1. The lowest BCUT2D eigenvalue weighted by Gasteiger charge is -2.23. The van der Waals surface area contributed by atoms with Crippen molar-refractivity contribution in [1.82, 2.24) is 5.16 Å². The normalized spacial score (nSPS) is 17.2. The number of carbonyl (C=O) groups is 1. The van der Waals surface area contributed by atoms with Crippen molar-refractivity contribution in [3.8, 4) is 0 Å². The average molecular weight is 313 g/mol. The van der Waals surface area contributed by atoms with Crippen LogP contribution in [0.25, 0.3) is 0 Å². The number of para-hydroxylation sites is 1. The Morgan fingerprint density at radius 1 is 1.39 bits per heavy atom. The Balaban J connectivity index is 1.67. The number of hydrogen-bond acceptors (Lipinski definition) is 4. The van der Waals surface area contributed by atoms with Crippen molar-refractivity contribution in [2.45, 2.75) is 45.6 Å². The minimum atomic E-state index is -0.102. The van der Waals surface area contributed by atoms with Gasteiger partial charge in [0.2, 0.25) is 11.8 Å². The summed E-state index contributed by atoms with van der Waals surface area (Å²) in [6, 6.07) is 10.3. The predicted molar refractivity (Wildman–Crippen MR) is 90.8 cm³/mol. The van der Waals surface area contributed by atoms with Gasteiger partial charge in [0.1, 0.15) is 0 Å². The maximum Gasteiger partial charge on any atom is 0.246 e. The summed E-state index contributed by atoms with van der Waals surface area (Å²) in [5, 5.41) is 6.82. The van der Waals surface area contributed by atoms with E-state index in [4.69, 9.17) is 4.52 Å². The van der Waals surface area contributed by atoms with E-state index in [2.05, 4.69) is 55.2 Å². The molecule has 122 valence electrons. The molecule has 1 aromatic carbocycles. The maximum absolute atomic E-state index is 12.3. The fraction of sp³-hybridized carbons (Fsp3) is 0.444. The average Bonchev–Trinajstić information content (AvgIpc) is 3.04. The van der Waals surface area contributed by atoms with Crippen molar-refractivity contribution in [3.05, 3.63) is 41.6 Å². The van der Waals surface area contributed by atoms with Crippen LogP contribution in [0.1, 0.15) is 39.0 Å². The van der Waals surface area contributed by atoms with Crippen LogP contribution in [0.2, 0.25) is 0 Å². The van der Waals surface area contributed by atoms with E-state index in [1.807, 2.05) is 12.1 Å². The van der Waals surface area contributed by atoms with Gasteiger partial charge >= 0.3 is 0 Å². The Bertz CT molecular complexity index is 715. The summed E-state index contributed by atoms with van der Waals surface area (Å²) in [6.07, 6.45) is 0.972. The van der Waals surface area contributed by atoms with Crippen molar-refractivity contribution in [3.63, 3.8) is 0 Å². The van der Waals surface area contributed by atoms with Crippen molar-refractivity contribution >= 4 is 17.5 Å². The lowest BCUT2D eigenvalue weighted by atomic mass is 9.92. The van der Waals surface area contributed by atoms with Crippen LogP contribution < -0.4 is 10.2 Å². The number of hydrogen-bond donors (Lipinski definition) is 1. The molecule has 3 rings (SSSR count). The minimum Gasteiger partial charge on any atom is -0.359 e. The van der Waals surface area contributed by atoms with E-state index < -0.39 is 0 Å². The third-order valence-electron chi connectivity index (χ3n) is 4.20. The highest BCUT2D eigenvalue weighted by Gasteiger charge is 2.27. The number of aromatic nitrogens is 1. The number of nitrogens with zero attached hydrogens (tertiary/aromatic N) is 2. The molecule has 0 spiro atoms. The Morgan fingerprint density at radius 3 is 2.83 bits per heavy atom. The lowest BCUT2D eigenvalue weighted by molar-refractivity contribution is -0.115. The molecule has 0 saturated heterocycles. The van der Waals surface area contributed by atoms with E-state index in [1.165, 1.54) is 5.56 Å². The van der Waals surface area contributed by atoms with E-state index >= 15 is 0 Å². The fourth-order valence-electron chi connectivity index (χ4n) is 2.89. The molecule has 5 heteroatoms. The molecule has 0 radical (unpaired) electrons. The molecule has 1 N–H and O–H groups in total. The molecule has 0 fully saturated rings. The van der Waals surface area contributed by atoms with Gasteiger partial charge in [-0.05, 0) is 25.0 Å². The van der Waals surface area contributed by atoms with Crippen molar-refractivity contribution < 1.29 is 9.32 Å². The topological polar surface area (TPSA) is 58.4 Å². The largest absolute Gasteiger partial charge is 0.359 e. The third-order valence-corrected chi connectivity index (χ3v) is 4.20. The van der Waals surface area contributed by atoms with Crippen LogP contribution in [-0.4, -0.2) is 23.7 Å². The second-order valence-corrected chi connectivity index (χ2v) is 7.18. The van der Waals surface area contributed by atoms with E-state index in [0.29, 0.717) is 18.5 Å². The van der Waals surface area contributed by atoms with Crippen LogP contribution >= 0.6 is 0 Å². The zero-order valence-electron chi connectivity index (χ0n) is 14.1. The molecule has 2 heterocycles. The van der Waals surface area contributed by atoms with Crippen LogP contribution in [0.15, 0.2) is 34.9 Å². The molecule has 1 aliphatic rings. The van der Waals surface area contributed by atoms with Crippen LogP contribution in [0.5, 0.6) is 0 Å². The van der Waals surface area contributed by atoms with Gasteiger partial charge in [-0.25, -0.2) is 0 Å². The smallest absolute Gasteiger partial charge is 0.246 e. The van der Waals surface area contributed by atoms with Crippen LogP contribution in [-0.2, 0) is 16.6 Å². The summed E-state index contributed by atoms with van der Waals surface area (Å²) >= 11 is 0. The Hall–Kier alpha value is -2.30. The van der Waals surface area contributed by atoms with E-state index in [9.17, 15) is 4.79 Å². The van der Waals surface area contributed by atoms with Crippen LogP contribution in [0.4, 0.5) is 11.6 Å². The first-order valence-electron chi connectivity index (χ1n) is 7.96. The number of rotatable bonds is 3. The van der Waals surface area contributed by atoms with Crippen molar-refractivity contribution in [1.29, 1.82) is 0 Å². The molecule has 1 aromatic heterocycles. The van der Waals surface area contributed by atoms with Gasteiger partial charge in [0.25, 0.3) is 0 Å². The molecule has 2 aromatic rings. The van der Waals surface area contributed by atoms with Gasteiger partial charge in [0.05, 0.1) is 12.2 Å². The van der Waals surface area contributed by atoms with E-state index in [1.54, 1.807) is 6.07 Å². The number of amides is 1. The van der Waals surface area contributed by atoms with Crippen LogP contribution in [0.3, 0.4) is 0 Å². The number of benzene rings is 1. The molecule has 23 heavy (non-hydrogen) atoms. The monoisotopic (exact) mass is 313 g/mol. The standard InChI is InChI=1S/C18H23N3O2/c1-12-9-13-7-5-6-8-14(13)21(12)11-16(22)19-17-10-15(20-23-17)18(2,3)4/h5-8,10,12H,9,11H2,1-4H3,(H,19,22)/t12-/m0/s1. The number of carbonyl (C=O) groups excluding carboxylic acids is 1. The molecular formula is C18H23N3O2.